The van der Waals surface area contributed by atoms with Gasteiger partial charge in [-0.2, -0.15) is 5.10 Å². The molecule has 1 aromatic heterocycles. The van der Waals surface area contributed by atoms with E-state index in [2.05, 4.69) is 10.4 Å². The first-order chi connectivity index (χ1) is 11.6. The standard InChI is InChI=1S/C19H19N3O2/c1-22-13-16(19(21-22)15-7-3-2-4-8-15)12-20-18(24)11-14-6-5-9-17(23)10-14/h2-10,13,23H,11-12H2,1H3,(H,20,24). The van der Waals surface area contributed by atoms with Gasteiger partial charge in [0.15, 0.2) is 0 Å². The van der Waals surface area contributed by atoms with Gasteiger partial charge in [-0.3, -0.25) is 9.48 Å². The molecule has 0 unspecified atom stereocenters. The van der Waals surface area contributed by atoms with Gasteiger partial charge < -0.3 is 10.4 Å². The maximum atomic E-state index is 12.1. The van der Waals surface area contributed by atoms with E-state index < -0.39 is 0 Å². The number of hydrogen-bond acceptors (Lipinski definition) is 3. The van der Waals surface area contributed by atoms with E-state index in [-0.39, 0.29) is 18.1 Å². The average molecular weight is 321 g/mol. The van der Waals surface area contributed by atoms with E-state index in [4.69, 9.17) is 0 Å². The number of aromatic hydroxyl groups is 1. The highest BCUT2D eigenvalue weighted by molar-refractivity contribution is 5.79. The Bertz CT molecular complexity index is 841. The minimum absolute atomic E-state index is 0.0940. The van der Waals surface area contributed by atoms with Gasteiger partial charge in [-0.25, -0.2) is 0 Å². The summed E-state index contributed by atoms with van der Waals surface area (Å²) < 4.78 is 1.75. The van der Waals surface area contributed by atoms with E-state index in [1.165, 1.54) is 0 Å². The van der Waals surface area contributed by atoms with Crippen molar-refractivity contribution in [2.75, 3.05) is 0 Å². The van der Waals surface area contributed by atoms with Crippen LogP contribution in [0.15, 0.2) is 60.8 Å². The summed E-state index contributed by atoms with van der Waals surface area (Å²) in [6.45, 7) is 0.412. The van der Waals surface area contributed by atoms with E-state index in [0.717, 1.165) is 22.4 Å². The number of amides is 1. The summed E-state index contributed by atoms with van der Waals surface area (Å²) in [4.78, 5) is 12.1. The van der Waals surface area contributed by atoms with Crippen LogP contribution in [0.3, 0.4) is 0 Å². The smallest absolute Gasteiger partial charge is 0.224 e. The van der Waals surface area contributed by atoms with Crippen molar-refractivity contribution in [2.24, 2.45) is 7.05 Å². The summed E-state index contributed by atoms with van der Waals surface area (Å²) in [5, 5.41) is 16.9. The van der Waals surface area contributed by atoms with Crippen molar-refractivity contribution in [1.82, 2.24) is 15.1 Å². The highest BCUT2D eigenvalue weighted by Crippen LogP contribution is 2.21. The Morgan fingerprint density at radius 2 is 1.96 bits per heavy atom. The van der Waals surface area contributed by atoms with Gasteiger partial charge >= 0.3 is 0 Å². The molecule has 0 saturated heterocycles. The molecule has 5 heteroatoms. The van der Waals surface area contributed by atoms with Gasteiger partial charge in [-0.05, 0) is 17.7 Å². The summed E-state index contributed by atoms with van der Waals surface area (Å²) in [5.74, 6) is 0.0717. The Kier molecular flexibility index (Phi) is 4.61. The Balaban J connectivity index is 1.68. The van der Waals surface area contributed by atoms with E-state index in [1.54, 1.807) is 22.9 Å². The lowest BCUT2D eigenvalue weighted by Gasteiger charge is -2.06. The number of aryl methyl sites for hydroxylation is 1. The Morgan fingerprint density at radius 3 is 2.71 bits per heavy atom. The molecular formula is C19H19N3O2. The monoisotopic (exact) mass is 321 g/mol. The number of benzene rings is 2. The fourth-order valence-corrected chi connectivity index (χ4v) is 2.61. The summed E-state index contributed by atoms with van der Waals surface area (Å²) >= 11 is 0. The van der Waals surface area contributed by atoms with Gasteiger partial charge in [-0.15, -0.1) is 0 Å². The minimum atomic E-state index is -0.0940. The number of phenolic OH excluding ortho intramolecular Hbond substituents is 1. The molecule has 0 bridgehead atoms. The number of nitrogens with one attached hydrogen (secondary N) is 1. The number of phenols is 1. The third kappa shape index (κ3) is 3.81. The SMILES string of the molecule is Cn1cc(CNC(=O)Cc2cccc(O)c2)c(-c2ccccc2)n1. The quantitative estimate of drug-likeness (QED) is 0.759. The number of hydrogen-bond donors (Lipinski definition) is 2. The van der Waals surface area contributed by atoms with Crippen molar-refractivity contribution in [2.45, 2.75) is 13.0 Å². The molecule has 2 aromatic carbocycles. The third-order valence-electron chi connectivity index (χ3n) is 3.70. The van der Waals surface area contributed by atoms with E-state index >= 15 is 0 Å². The van der Waals surface area contributed by atoms with Gasteiger partial charge in [0.2, 0.25) is 5.91 Å². The molecule has 0 aliphatic heterocycles. The molecule has 0 fully saturated rings. The van der Waals surface area contributed by atoms with Crippen molar-refractivity contribution in [3.8, 4) is 17.0 Å². The van der Waals surface area contributed by atoms with Gasteiger partial charge in [0.25, 0.3) is 0 Å². The van der Waals surface area contributed by atoms with Crippen LogP contribution in [0.5, 0.6) is 5.75 Å². The second kappa shape index (κ2) is 7.00. The average Bonchev–Trinajstić information content (AvgIpc) is 2.95. The van der Waals surface area contributed by atoms with Crippen molar-refractivity contribution in [3.63, 3.8) is 0 Å². The molecule has 0 radical (unpaired) electrons. The molecule has 0 aliphatic carbocycles. The van der Waals surface area contributed by atoms with Gasteiger partial charge in [-0.1, -0.05) is 42.5 Å². The molecule has 2 N–H and O–H groups in total. The number of carbonyl (C=O) groups excluding carboxylic acids is 1. The lowest BCUT2D eigenvalue weighted by molar-refractivity contribution is -0.120. The molecule has 0 spiro atoms. The molecule has 122 valence electrons. The predicted molar refractivity (Wildman–Crippen MR) is 92.3 cm³/mol. The third-order valence-corrected chi connectivity index (χ3v) is 3.70. The van der Waals surface area contributed by atoms with Crippen LogP contribution < -0.4 is 5.32 Å². The molecular weight excluding hydrogens is 302 g/mol. The minimum Gasteiger partial charge on any atom is -0.508 e. The van der Waals surface area contributed by atoms with Gasteiger partial charge in [0, 0.05) is 30.9 Å². The molecule has 5 nitrogen and oxygen atoms in total. The fourth-order valence-electron chi connectivity index (χ4n) is 2.61. The van der Waals surface area contributed by atoms with Crippen LogP contribution in [0, 0.1) is 0 Å². The highest BCUT2D eigenvalue weighted by atomic mass is 16.3. The van der Waals surface area contributed by atoms with E-state index in [0.29, 0.717) is 6.54 Å². The van der Waals surface area contributed by atoms with E-state index in [1.807, 2.05) is 49.6 Å². The molecule has 3 aromatic rings. The molecule has 0 saturated carbocycles. The summed E-state index contributed by atoms with van der Waals surface area (Å²) in [7, 11) is 1.87. The van der Waals surface area contributed by atoms with Crippen molar-refractivity contribution in [1.29, 1.82) is 0 Å². The van der Waals surface area contributed by atoms with Crippen LogP contribution in [0.1, 0.15) is 11.1 Å². The molecule has 0 atom stereocenters. The number of aromatic nitrogens is 2. The van der Waals surface area contributed by atoms with Crippen molar-refractivity contribution in [3.05, 3.63) is 71.9 Å². The number of nitrogens with zero attached hydrogens (tertiary/aromatic N) is 2. The zero-order chi connectivity index (χ0) is 16.9. The summed E-state index contributed by atoms with van der Waals surface area (Å²) in [6.07, 6.45) is 2.15. The van der Waals surface area contributed by atoms with Crippen LogP contribution in [-0.2, 0) is 24.8 Å². The van der Waals surface area contributed by atoms with Crippen LogP contribution >= 0.6 is 0 Å². The van der Waals surface area contributed by atoms with E-state index in [9.17, 15) is 9.90 Å². The predicted octanol–water partition coefficient (Wildman–Crippen LogP) is 2.65. The molecule has 1 heterocycles. The maximum Gasteiger partial charge on any atom is 0.224 e. The second-order valence-electron chi connectivity index (χ2n) is 5.67. The highest BCUT2D eigenvalue weighted by Gasteiger charge is 2.11. The summed E-state index contributed by atoms with van der Waals surface area (Å²) in [5.41, 5.74) is 3.64. The normalized spacial score (nSPS) is 10.5. The number of rotatable bonds is 5. The first-order valence-electron chi connectivity index (χ1n) is 7.74. The lowest BCUT2D eigenvalue weighted by Crippen LogP contribution is -2.24. The van der Waals surface area contributed by atoms with Crippen molar-refractivity contribution >= 4 is 5.91 Å². The van der Waals surface area contributed by atoms with Crippen LogP contribution in [0.4, 0.5) is 0 Å². The topological polar surface area (TPSA) is 67.2 Å². The molecule has 1 amide bonds. The largest absolute Gasteiger partial charge is 0.508 e. The van der Waals surface area contributed by atoms with Gasteiger partial charge in [0.1, 0.15) is 5.75 Å². The summed E-state index contributed by atoms with van der Waals surface area (Å²) in [6, 6.07) is 16.6. The maximum absolute atomic E-state index is 12.1. The first-order valence-corrected chi connectivity index (χ1v) is 7.74. The fraction of sp³-hybridized carbons (Fsp3) is 0.158. The molecule has 3 rings (SSSR count). The second-order valence-corrected chi connectivity index (χ2v) is 5.67. The Morgan fingerprint density at radius 1 is 1.17 bits per heavy atom. The Hall–Kier alpha value is -3.08. The Labute approximate surface area is 140 Å². The molecule has 24 heavy (non-hydrogen) atoms. The zero-order valence-corrected chi connectivity index (χ0v) is 13.4. The van der Waals surface area contributed by atoms with Crippen LogP contribution in [0.25, 0.3) is 11.3 Å². The van der Waals surface area contributed by atoms with Crippen molar-refractivity contribution < 1.29 is 9.90 Å². The molecule has 0 aliphatic rings. The van der Waals surface area contributed by atoms with Gasteiger partial charge in [0.05, 0.1) is 12.1 Å². The number of carbonyl (C=O) groups is 1. The lowest BCUT2D eigenvalue weighted by atomic mass is 10.1. The van der Waals surface area contributed by atoms with Crippen LogP contribution in [-0.4, -0.2) is 20.8 Å². The van der Waals surface area contributed by atoms with Crippen LogP contribution in [0.2, 0.25) is 0 Å². The zero-order valence-electron chi connectivity index (χ0n) is 13.4. The first kappa shape index (κ1) is 15.8.